The molecule has 2 aromatic heterocycles. The van der Waals surface area contributed by atoms with Crippen molar-refractivity contribution in [2.75, 3.05) is 55.1 Å². The lowest BCUT2D eigenvalue weighted by atomic mass is 10.1. The Balaban J connectivity index is 1.30. The zero-order valence-electron chi connectivity index (χ0n) is 21.7. The van der Waals surface area contributed by atoms with E-state index in [2.05, 4.69) is 40.0 Å². The van der Waals surface area contributed by atoms with E-state index in [0.29, 0.717) is 19.8 Å². The Morgan fingerprint density at radius 1 is 1.25 bits per heavy atom. The van der Waals surface area contributed by atoms with E-state index in [9.17, 15) is 13.8 Å². The average Bonchev–Trinajstić information content (AvgIpc) is 2.91. The molecule has 3 aliphatic rings. The number of nitrogens with zero attached hydrogens (tertiary/aromatic N) is 6. The first-order chi connectivity index (χ1) is 19.0. The first-order valence-corrected chi connectivity index (χ1v) is 13.9. The summed E-state index contributed by atoms with van der Waals surface area (Å²) in [7, 11) is -4.89. The van der Waals surface area contributed by atoms with E-state index in [1.807, 2.05) is 12.2 Å². The lowest BCUT2D eigenvalue weighted by Crippen LogP contribution is -2.53. The predicted molar refractivity (Wildman–Crippen MR) is 141 cm³/mol. The molecule has 214 valence electrons. The molecule has 1 atom stereocenters. The molecule has 1 unspecified atom stereocenters. The largest absolute Gasteiger partial charge is 0.474 e. The van der Waals surface area contributed by atoms with Crippen molar-refractivity contribution < 1.29 is 37.5 Å². The second kappa shape index (κ2) is 11.1. The third-order valence-electron chi connectivity index (χ3n) is 6.14. The fraction of sp³-hybridized carbons (Fsp3) is 0.435. The van der Waals surface area contributed by atoms with Crippen LogP contribution in [0.1, 0.15) is 13.8 Å². The number of carbonyl (C=O) groups excluding carboxylic acids is 1. The third-order valence-corrected chi connectivity index (χ3v) is 6.59. The van der Waals surface area contributed by atoms with Crippen LogP contribution in [0.3, 0.4) is 0 Å². The second-order valence-electron chi connectivity index (χ2n) is 9.54. The summed E-state index contributed by atoms with van der Waals surface area (Å²) >= 11 is 0. The number of hydrogen-bond acceptors (Lipinski definition) is 12. The number of anilines is 4. The Labute approximate surface area is 228 Å². The Hall–Kier alpha value is -3.69. The molecule has 0 aliphatic carbocycles. The van der Waals surface area contributed by atoms with Gasteiger partial charge in [-0.2, -0.15) is 4.98 Å². The minimum absolute atomic E-state index is 0.0723. The molecule has 4 N–H and O–H groups in total. The quantitative estimate of drug-likeness (QED) is 0.346. The van der Waals surface area contributed by atoms with Crippen LogP contribution in [-0.2, 0) is 18.6 Å². The van der Waals surface area contributed by atoms with Crippen LogP contribution in [0.5, 0.6) is 5.75 Å². The Bertz CT molecular complexity index is 1400. The predicted octanol–water partition coefficient (Wildman–Crippen LogP) is 1.41. The third kappa shape index (κ3) is 6.37. The number of halogens is 1. The van der Waals surface area contributed by atoms with E-state index in [1.54, 1.807) is 0 Å². The first kappa shape index (κ1) is 27.9. The molecular formula is C23H28FN8O7P. The van der Waals surface area contributed by atoms with Gasteiger partial charge in [0.1, 0.15) is 18.4 Å². The van der Waals surface area contributed by atoms with Gasteiger partial charge in [-0.25, -0.2) is 18.9 Å². The number of pyridine rings is 1. The topological polar surface area (TPSA) is 184 Å². The van der Waals surface area contributed by atoms with Crippen LogP contribution in [-0.4, -0.2) is 92.6 Å². The van der Waals surface area contributed by atoms with Gasteiger partial charge in [-0.15, -0.1) is 0 Å². The van der Waals surface area contributed by atoms with Gasteiger partial charge in [0.2, 0.25) is 5.95 Å². The molecule has 40 heavy (non-hydrogen) atoms. The number of dihydropyridines is 1. The van der Waals surface area contributed by atoms with Gasteiger partial charge >= 0.3 is 7.82 Å². The van der Waals surface area contributed by atoms with Crippen LogP contribution in [0.25, 0.3) is 0 Å². The van der Waals surface area contributed by atoms with Gasteiger partial charge in [0, 0.05) is 13.1 Å². The molecule has 2 aromatic rings. The Morgan fingerprint density at radius 3 is 2.73 bits per heavy atom. The van der Waals surface area contributed by atoms with Crippen LogP contribution in [0.4, 0.5) is 27.8 Å². The maximum atomic E-state index is 14.6. The molecule has 15 nitrogen and oxygen atoms in total. The van der Waals surface area contributed by atoms with Gasteiger partial charge in [0.25, 0.3) is 5.91 Å². The highest BCUT2D eigenvalue weighted by Gasteiger charge is 2.42. The fourth-order valence-corrected chi connectivity index (χ4v) is 4.45. The van der Waals surface area contributed by atoms with Crippen molar-refractivity contribution in [3.8, 4) is 5.75 Å². The SMILES string of the molecule is CC1(C)Oc2ccc(Nc3nc(NC4C=CC(N5CCOCC5)=NC4)ncc3F)nc2N(COP(=O)(O)O)C1=O. The normalized spacial score (nSPS) is 20.5. The zero-order valence-corrected chi connectivity index (χ0v) is 22.5. The lowest BCUT2D eigenvalue weighted by molar-refractivity contribution is -0.133. The molecule has 0 radical (unpaired) electrons. The van der Waals surface area contributed by atoms with Crippen molar-refractivity contribution in [1.82, 2.24) is 19.9 Å². The van der Waals surface area contributed by atoms with Crippen molar-refractivity contribution in [3.05, 3.63) is 36.3 Å². The molecular weight excluding hydrogens is 550 g/mol. The highest BCUT2D eigenvalue weighted by atomic mass is 31.2. The molecule has 3 aliphatic heterocycles. The summed E-state index contributed by atoms with van der Waals surface area (Å²) in [5.41, 5.74) is -1.35. The molecule has 17 heteroatoms. The molecule has 0 aromatic carbocycles. The summed E-state index contributed by atoms with van der Waals surface area (Å²) in [5, 5.41) is 5.86. The molecule has 5 heterocycles. The van der Waals surface area contributed by atoms with Crippen LogP contribution in [0, 0.1) is 5.82 Å². The summed E-state index contributed by atoms with van der Waals surface area (Å²) in [6.07, 6.45) is 4.86. The number of fused-ring (bicyclic) bond motifs is 1. The van der Waals surface area contributed by atoms with Crippen molar-refractivity contribution in [3.63, 3.8) is 0 Å². The second-order valence-corrected chi connectivity index (χ2v) is 10.8. The summed E-state index contributed by atoms with van der Waals surface area (Å²) in [4.78, 5) is 51.3. The monoisotopic (exact) mass is 578 g/mol. The van der Waals surface area contributed by atoms with E-state index in [1.165, 1.54) is 26.0 Å². The maximum Gasteiger partial charge on any atom is 0.471 e. The number of carbonyl (C=O) groups is 1. The van der Waals surface area contributed by atoms with Crippen LogP contribution >= 0.6 is 7.82 Å². The molecule has 1 amide bonds. The summed E-state index contributed by atoms with van der Waals surface area (Å²) in [5.74, 6) is -0.384. The minimum Gasteiger partial charge on any atom is -0.474 e. The smallest absolute Gasteiger partial charge is 0.471 e. The van der Waals surface area contributed by atoms with Gasteiger partial charge in [-0.1, -0.05) is 6.08 Å². The number of amides is 1. The number of nitrogens with one attached hydrogen (secondary N) is 2. The van der Waals surface area contributed by atoms with Crippen molar-refractivity contribution >= 4 is 43.0 Å². The highest BCUT2D eigenvalue weighted by molar-refractivity contribution is 7.46. The van der Waals surface area contributed by atoms with Crippen molar-refractivity contribution in [2.24, 2.45) is 4.99 Å². The van der Waals surface area contributed by atoms with E-state index < -0.39 is 31.9 Å². The standard InChI is InChI=1S/C23H28FN8O7P/c1-23(2)21(33)32(13-38-40(34,35)36)20-16(39-23)4-5-17(29-20)28-19-15(24)12-26-22(30-19)27-14-3-6-18(25-11-14)31-7-9-37-10-8-31/h3-6,12,14H,7-11,13H2,1-2H3,(H2,34,35,36)(H2,26,27,28,29,30). The summed E-state index contributed by atoms with van der Waals surface area (Å²) < 4.78 is 41.5. The highest BCUT2D eigenvalue weighted by Crippen LogP contribution is 2.41. The number of amidine groups is 1. The van der Waals surface area contributed by atoms with E-state index in [-0.39, 0.29) is 35.2 Å². The zero-order chi connectivity index (χ0) is 28.5. The minimum atomic E-state index is -4.89. The number of aliphatic imine (C=N–C) groups is 1. The molecule has 1 fully saturated rings. The van der Waals surface area contributed by atoms with Crippen LogP contribution in [0.2, 0.25) is 0 Å². The number of morpholine rings is 1. The summed E-state index contributed by atoms with van der Waals surface area (Å²) in [6.45, 7) is 5.53. The molecule has 0 saturated carbocycles. The number of ether oxygens (including phenoxy) is 2. The number of phosphoric ester groups is 1. The van der Waals surface area contributed by atoms with Crippen LogP contribution < -0.4 is 20.3 Å². The number of phosphoric acid groups is 1. The van der Waals surface area contributed by atoms with Crippen molar-refractivity contribution in [2.45, 2.75) is 25.5 Å². The maximum absolute atomic E-state index is 14.6. The number of rotatable bonds is 7. The lowest BCUT2D eigenvalue weighted by Gasteiger charge is -2.37. The van der Waals surface area contributed by atoms with Crippen molar-refractivity contribution in [1.29, 1.82) is 0 Å². The number of aromatic nitrogens is 3. The summed E-state index contributed by atoms with van der Waals surface area (Å²) in [6, 6.07) is 2.75. The molecule has 0 bridgehead atoms. The molecule has 1 saturated heterocycles. The van der Waals surface area contributed by atoms with E-state index in [4.69, 9.17) is 19.3 Å². The Morgan fingerprint density at radius 2 is 2.02 bits per heavy atom. The first-order valence-electron chi connectivity index (χ1n) is 12.3. The van der Waals surface area contributed by atoms with E-state index in [0.717, 1.165) is 30.0 Å². The van der Waals surface area contributed by atoms with Gasteiger partial charge in [-0.05, 0) is 32.1 Å². The fourth-order valence-electron chi connectivity index (χ4n) is 4.18. The molecule has 5 rings (SSSR count). The van der Waals surface area contributed by atoms with Gasteiger partial charge in [-0.3, -0.25) is 19.2 Å². The van der Waals surface area contributed by atoms with Gasteiger partial charge < -0.3 is 34.8 Å². The van der Waals surface area contributed by atoms with E-state index >= 15 is 0 Å². The number of hydrogen-bond donors (Lipinski definition) is 4. The molecule has 0 spiro atoms. The van der Waals surface area contributed by atoms with Gasteiger partial charge in [0.15, 0.2) is 28.8 Å². The van der Waals surface area contributed by atoms with Gasteiger partial charge in [0.05, 0.1) is 32.0 Å². The van der Waals surface area contributed by atoms with Crippen LogP contribution in [0.15, 0.2) is 35.5 Å². The Kier molecular flexibility index (Phi) is 7.70. The average molecular weight is 578 g/mol.